The molecule has 0 aromatic rings. The predicted octanol–water partition coefficient (Wildman–Crippen LogP) is 0.770. The summed E-state index contributed by atoms with van der Waals surface area (Å²) in [6.45, 7) is 3.11. The molecule has 0 aliphatic rings. The molecule has 0 saturated heterocycles. The maximum atomic E-state index is 3.50. The minimum Gasteiger partial charge on any atom is -0.668 e. The van der Waals surface area contributed by atoms with Crippen molar-refractivity contribution in [3.8, 4) is 0 Å². The SMILES string of the molecule is C=NC.CNC.C[N-]C.[Y]. The average Bonchev–Trinajstić information content (AvgIpc) is 1.70. The van der Waals surface area contributed by atoms with Crippen molar-refractivity contribution in [2.45, 2.75) is 0 Å². The molecule has 0 aromatic carbocycles. The molecule has 0 aliphatic carbocycles. The molecule has 0 atom stereocenters. The van der Waals surface area contributed by atoms with Crippen molar-refractivity contribution in [2.75, 3.05) is 35.2 Å². The molecular weight excluding hydrogens is 203 g/mol. The molecular formula is C6H18N3Y-. The van der Waals surface area contributed by atoms with E-state index < -0.39 is 0 Å². The van der Waals surface area contributed by atoms with Gasteiger partial charge >= 0.3 is 0 Å². The number of rotatable bonds is 0. The van der Waals surface area contributed by atoms with E-state index >= 15 is 0 Å². The molecule has 0 bridgehead atoms. The summed E-state index contributed by atoms with van der Waals surface area (Å²) in [6.07, 6.45) is 0. The Bertz CT molecular complexity index is 32.2. The molecule has 0 spiro atoms. The van der Waals surface area contributed by atoms with E-state index in [0.29, 0.717) is 0 Å². The van der Waals surface area contributed by atoms with Crippen molar-refractivity contribution < 1.29 is 32.7 Å². The Morgan fingerprint density at radius 3 is 1.30 bits per heavy atom. The zero-order chi connectivity index (χ0) is 8.12. The zero-order valence-corrected chi connectivity index (χ0v) is 10.5. The van der Waals surface area contributed by atoms with Gasteiger partial charge in [0, 0.05) is 39.8 Å². The first kappa shape index (κ1) is 22.4. The normalized spacial score (nSPS) is 4.90. The van der Waals surface area contributed by atoms with Crippen molar-refractivity contribution in [2.24, 2.45) is 4.99 Å². The summed E-state index contributed by atoms with van der Waals surface area (Å²) < 4.78 is 0. The van der Waals surface area contributed by atoms with Gasteiger partial charge < -0.3 is 15.6 Å². The van der Waals surface area contributed by atoms with Crippen LogP contribution in [0.15, 0.2) is 4.99 Å². The molecule has 0 saturated carbocycles. The summed E-state index contributed by atoms with van der Waals surface area (Å²) in [5, 5.41) is 6.25. The molecule has 0 unspecified atom stereocenters. The van der Waals surface area contributed by atoms with Gasteiger partial charge in [-0.3, -0.25) is 0 Å². The Kier molecular flexibility index (Phi) is 120. The minimum absolute atomic E-state index is 0. The van der Waals surface area contributed by atoms with E-state index in [1.165, 1.54) is 0 Å². The second kappa shape index (κ2) is 53.7. The molecule has 0 heterocycles. The molecule has 3 nitrogen and oxygen atoms in total. The summed E-state index contributed by atoms with van der Waals surface area (Å²) >= 11 is 0. The number of nitrogens with zero attached hydrogens (tertiary/aromatic N) is 2. The summed E-state index contributed by atoms with van der Waals surface area (Å²) in [4.78, 5) is 3.25. The van der Waals surface area contributed by atoms with Gasteiger partial charge in [0.15, 0.2) is 0 Å². The van der Waals surface area contributed by atoms with Crippen LogP contribution >= 0.6 is 0 Å². The van der Waals surface area contributed by atoms with Gasteiger partial charge in [0.1, 0.15) is 0 Å². The fourth-order valence-electron chi connectivity index (χ4n) is 0. The van der Waals surface area contributed by atoms with Crippen LogP contribution in [0, 0.1) is 0 Å². The topological polar surface area (TPSA) is 38.5 Å². The Labute approximate surface area is 90.0 Å². The standard InChI is InChI=1S/C2H7N.C2H6N.C2H5N.Y/c3*1-3-2;/h3H,1-2H3;1-2H3;1H2,2H3;/q;-1;;. The first-order chi connectivity index (χ1) is 4.24. The van der Waals surface area contributed by atoms with Gasteiger partial charge in [0.25, 0.3) is 0 Å². The van der Waals surface area contributed by atoms with E-state index in [-0.39, 0.29) is 32.7 Å². The van der Waals surface area contributed by atoms with Crippen molar-refractivity contribution in [1.82, 2.24) is 5.32 Å². The maximum absolute atomic E-state index is 3.50. The van der Waals surface area contributed by atoms with Crippen molar-refractivity contribution >= 4 is 6.72 Å². The van der Waals surface area contributed by atoms with Gasteiger partial charge in [-0.1, -0.05) is 0 Å². The fourth-order valence-corrected chi connectivity index (χ4v) is 0. The van der Waals surface area contributed by atoms with Crippen LogP contribution < -0.4 is 5.32 Å². The Morgan fingerprint density at radius 2 is 1.30 bits per heavy atom. The second-order valence-electron chi connectivity index (χ2n) is 1.26. The molecule has 0 aliphatic heterocycles. The van der Waals surface area contributed by atoms with Gasteiger partial charge in [0.2, 0.25) is 0 Å². The van der Waals surface area contributed by atoms with Crippen LogP contribution in [0.1, 0.15) is 0 Å². The smallest absolute Gasteiger partial charge is 0.0269 e. The molecule has 1 radical (unpaired) electrons. The minimum atomic E-state index is 0. The van der Waals surface area contributed by atoms with E-state index in [1.807, 2.05) is 14.1 Å². The number of hydrogen-bond acceptors (Lipinski definition) is 2. The van der Waals surface area contributed by atoms with Crippen molar-refractivity contribution in [3.05, 3.63) is 5.32 Å². The molecule has 10 heavy (non-hydrogen) atoms. The first-order valence-electron chi connectivity index (χ1n) is 2.66. The van der Waals surface area contributed by atoms with E-state index in [1.54, 1.807) is 21.1 Å². The van der Waals surface area contributed by atoms with Crippen LogP contribution in [-0.2, 0) is 32.7 Å². The van der Waals surface area contributed by atoms with Crippen LogP contribution in [0.2, 0.25) is 0 Å². The third-order valence-corrected chi connectivity index (χ3v) is 0. The maximum Gasteiger partial charge on any atom is 0.0269 e. The average molecular weight is 221 g/mol. The molecule has 4 heteroatoms. The summed E-state index contributed by atoms with van der Waals surface area (Å²) in [5.41, 5.74) is 0. The number of aliphatic imine (C=N–C) groups is 1. The second-order valence-corrected chi connectivity index (χ2v) is 1.26. The molecule has 1 N–H and O–H groups in total. The molecule has 0 aromatic heterocycles. The van der Waals surface area contributed by atoms with E-state index in [9.17, 15) is 0 Å². The van der Waals surface area contributed by atoms with Crippen LogP contribution in [0.5, 0.6) is 0 Å². The number of hydrogen-bond donors (Lipinski definition) is 1. The van der Waals surface area contributed by atoms with Crippen molar-refractivity contribution in [1.29, 1.82) is 0 Å². The van der Waals surface area contributed by atoms with Gasteiger partial charge in [-0.15, -0.1) is 0 Å². The Morgan fingerprint density at radius 1 is 1.30 bits per heavy atom. The van der Waals surface area contributed by atoms with Gasteiger partial charge in [-0.25, -0.2) is 0 Å². The summed E-state index contributed by atoms with van der Waals surface area (Å²) in [7, 11) is 8.89. The van der Waals surface area contributed by atoms with E-state index in [2.05, 4.69) is 22.3 Å². The van der Waals surface area contributed by atoms with Crippen LogP contribution in [0.3, 0.4) is 0 Å². The van der Waals surface area contributed by atoms with Crippen LogP contribution in [-0.4, -0.2) is 42.0 Å². The monoisotopic (exact) mass is 221 g/mol. The Balaban J connectivity index is -0.0000000257. The van der Waals surface area contributed by atoms with E-state index in [4.69, 9.17) is 0 Å². The fraction of sp³-hybridized carbons (Fsp3) is 0.833. The zero-order valence-electron chi connectivity index (χ0n) is 7.68. The largest absolute Gasteiger partial charge is 0.668 e. The molecule has 0 rings (SSSR count). The van der Waals surface area contributed by atoms with Crippen LogP contribution in [0.25, 0.3) is 5.32 Å². The third-order valence-electron chi connectivity index (χ3n) is 0. The Hall–Kier alpha value is 0.694. The third kappa shape index (κ3) is 1070. The van der Waals surface area contributed by atoms with Crippen molar-refractivity contribution in [3.63, 3.8) is 0 Å². The van der Waals surface area contributed by atoms with Gasteiger partial charge in [-0.05, 0) is 20.8 Å². The molecule has 0 fully saturated rings. The van der Waals surface area contributed by atoms with E-state index in [0.717, 1.165) is 0 Å². The predicted molar refractivity (Wildman–Crippen MR) is 45.7 cm³/mol. The molecule has 0 amide bonds. The first-order valence-corrected chi connectivity index (χ1v) is 2.66. The summed E-state index contributed by atoms with van der Waals surface area (Å²) in [6, 6.07) is 0. The van der Waals surface area contributed by atoms with Crippen LogP contribution in [0.4, 0.5) is 0 Å². The summed E-state index contributed by atoms with van der Waals surface area (Å²) in [5.74, 6) is 0. The molecule has 61 valence electrons. The van der Waals surface area contributed by atoms with Gasteiger partial charge in [-0.2, -0.15) is 14.1 Å². The quantitative estimate of drug-likeness (QED) is 0.603. The van der Waals surface area contributed by atoms with Gasteiger partial charge in [0.05, 0.1) is 0 Å². The number of nitrogens with one attached hydrogen (secondary N) is 1.